The summed E-state index contributed by atoms with van der Waals surface area (Å²) in [5.41, 5.74) is 13.0. The Morgan fingerprint density at radius 2 is 1.88 bits per heavy atom. The van der Waals surface area contributed by atoms with Crippen LogP contribution in [0.3, 0.4) is 0 Å². The zero-order valence-electron chi connectivity index (χ0n) is 15.6. The molecule has 2 aliphatic rings. The standard InChI is InChI=1S/C21H30N4O/c1-13(12-24-25-21(22)23)8-17-11-19(26)18-10-16(9-14(2)20(17)18)15-6-4-3-5-7-15/h3-8,12,14,16-20,26H,9-11H2,1-2H3,(H4,22,23,25)/b13-8+,24-12+/t14-,16+,17-,18-,19-,20-/m1/s1. The Balaban J connectivity index is 1.74. The minimum Gasteiger partial charge on any atom is -0.393 e. The number of hydrogen-bond donors (Lipinski definition) is 3. The van der Waals surface area contributed by atoms with Crippen LogP contribution >= 0.6 is 0 Å². The van der Waals surface area contributed by atoms with Gasteiger partial charge in [0.25, 0.3) is 0 Å². The summed E-state index contributed by atoms with van der Waals surface area (Å²) >= 11 is 0. The van der Waals surface area contributed by atoms with Crippen LogP contribution < -0.4 is 11.5 Å². The Kier molecular flexibility index (Phi) is 5.77. The van der Waals surface area contributed by atoms with Crippen LogP contribution in [0.1, 0.15) is 44.6 Å². The summed E-state index contributed by atoms with van der Waals surface area (Å²) in [5, 5.41) is 18.3. The number of nitrogens with zero attached hydrogens (tertiary/aromatic N) is 2. The van der Waals surface area contributed by atoms with Crippen LogP contribution in [0, 0.1) is 23.7 Å². The molecule has 6 atom stereocenters. The highest BCUT2D eigenvalue weighted by atomic mass is 16.3. The SMILES string of the molecule is CC(/C=N/N=C(N)N)=C\[C@@H]1C[C@@H](O)[C@H]2C[C@@H](c3ccccc3)C[C@@H](C)[C@@H]21. The normalized spacial score (nSPS) is 34.7. The van der Waals surface area contributed by atoms with Gasteiger partial charge in [-0.2, -0.15) is 5.10 Å². The minimum absolute atomic E-state index is 0.0433. The van der Waals surface area contributed by atoms with Crippen molar-refractivity contribution in [3.05, 3.63) is 47.5 Å². The largest absolute Gasteiger partial charge is 0.393 e. The molecular formula is C21H30N4O. The highest BCUT2D eigenvalue weighted by molar-refractivity contribution is 5.80. The molecule has 2 saturated carbocycles. The second-order valence-corrected chi connectivity index (χ2v) is 7.94. The minimum atomic E-state index is -0.224. The lowest BCUT2D eigenvalue weighted by molar-refractivity contribution is 0.0654. The van der Waals surface area contributed by atoms with Crippen molar-refractivity contribution in [3.63, 3.8) is 0 Å². The molecule has 0 bridgehead atoms. The van der Waals surface area contributed by atoms with Gasteiger partial charge in [-0.05, 0) is 66.9 Å². The van der Waals surface area contributed by atoms with E-state index in [1.54, 1.807) is 6.21 Å². The second-order valence-electron chi connectivity index (χ2n) is 7.94. The van der Waals surface area contributed by atoms with Gasteiger partial charge in [0.2, 0.25) is 5.96 Å². The zero-order valence-corrected chi connectivity index (χ0v) is 15.6. The molecule has 0 saturated heterocycles. The Morgan fingerprint density at radius 3 is 2.58 bits per heavy atom. The maximum absolute atomic E-state index is 10.7. The first-order valence-electron chi connectivity index (χ1n) is 9.49. The number of aliphatic hydroxyl groups excluding tert-OH is 1. The van der Waals surface area contributed by atoms with Crippen LogP contribution in [0.2, 0.25) is 0 Å². The summed E-state index contributed by atoms with van der Waals surface area (Å²) in [5.74, 6) is 2.36. The molecule has 26 heavy (non-hydrogen) atoms. The Morgan fingerprint density at radius 1 is 1.15 bits per heavy atom. The maximum Gasteiger partial charge on any atom is 0.211 e. The van der Waals surface area contributed by atoms with Crippen molar-refractivity contribution < 1.29 is 5.11 Å². The van der Waals surface area contributed by atoms with E-state index in [0.717, 1.165) is 18.4 Å². The van der Waals surface area contributed by atoms with Crippen LogP contribution in [0.4, 0.5) is 0 Å². The predicted octanol–water partition coefficient (Wildman–Crippen LogP) is 3.02. The van der Waals surface area contributed by atoms with E-state index in [1.165, 1.54) is 12.0 Å². The number of rotatable bonds is 4. The highest BCUT2D eigenvalue weighted by Gasteiger charge is 2.48. The number of guanidine groups is 1. The molecule has 0 aromatic heterocycles. The van der Waals surface area contributed by atoms with Gasteiger partial charge in [-0.1, -0.05) is 43.3 Å². The predicted molar refractivity (Wildman–Crippen MR) is 107 cm³/mol. The Labute approximate surface area is 155 Å². The molecule has 5 N–H and O–H groups in total. The smallest absolute Gasteiger partial charge is 0.211 e. The van der Waals surface area contributed by atoms with Gasteiger partial charge in [-0.3, -0.25) is 0 Å². The Bertz CT molecular complexity index is 693. The van der Waals surface area contributed by atoms with E-state index in [-0.39, 0.29) is 12.1 Å². The molecule has 0 amide bonds. The molecule has 0 radical (unpaired) electrons. The number of fused-ring (bicyclic) bond motifs is 1. The molecule has 0 spiro atoms. The fraction of sp³-hybridized carbons (Fsp3) is 0.524. The number of aliphatic hydroxyl groups is 1. The van der Waals surface area contributed by atoms with E-state index in [4.69, 9.17) is 11.5 Å². The van der Waals surface area contributed by atoms with E-state index < -0.39 is 0 Å². The van der Waals surface area contributed by atoms with Crippen molar-refractivity contribution in [1.29, 1.82) is 0 Å². The van der Waals surface area contributed by atoms with Crippen molar-refractivity contribution >= 4 is 12.2 Å². The van der Waals surface area contributed by atoms with Crippen molar-refractivity contribution in [1.82, 2.24) is 0 Å². The third kappa shape index (κ3) is 4.15. The van der Waals surface area contributed by atoms with Gasteiger partial charge in [-0.25, -0.2) is 0 Å². The first kappa shape index (κ1) is 18.6. The summed E-state index contributed by atoms with van der Waals surface area (Å²) in [6.45, 7) is 4.35. The third-order valence-electron chi connectivity index (χ3n) is 6.05. The van der Waals surface area contributed by atoms with Crippen molar-refractivity contribution in [3.8, 4) is 0 Å². The van der Waals surface area contributed by atoms with E-state index in [1.807, 2.05) is 6.92 Å². The van der Waals surface area contributed by atoms with Gasteiger partial charge in [0.15, 0.2) is 0 Å². The van der Waals surface area contributed by atoms with Crippen molar-refractivity contribution in [2.45, 2.75) is 45.1 Å². The van der Waals surface area contributed by atoms with Gasteiger partial charge in [0.1, 0.15) is 0 Å². The average Bonchev–Trinajstić information content (AvgIpc) is 2.91. The Hall–Kier alpha value is -2.14. The molecule has 3 rings (SSSR count). The summed E-state index contributed by atoms with van der Waals surface area (Å²) in [6.07, 6.45) is 6.78. The first-order chi connectivity index (χ1) is 12.5. The molecule has 0 unspecified atom stereocenters. The molecule has 140 valence electrons. The zero-order chi connectivity index (χ0) is 18.7. The van der Waals surface area contributed by atoms with Crippen LogP contribution in [0.5, 0.6) is 0 Å². The first-order valence-corrected chi connectivity index (χ1v) is 9.49. The van der Waals surface area contributed by atoms with Gasteiger partial charge < -0.3 is 16.6 Å². The van der Waals surface area contributed by atoms with Crippen LogP contribution in [0.25, 0.3) is 0 Å². The van der Waals surface area contributed by atoms with E-state index in [0.29, 0.717) is 29.6 Å². The fourth-order valence-electron chi connectivity index (χ4n) is 5.12. The van der Waals surface area contributed by atoms with E-state index in [9.17, 15) is 5.11 Å². The molecular weight excluding hydrogens is 324 g/mol. The molecule has 2 fully saturated rings. The van der Waals surface area contributed by atoms with Crippen LogP contribution in [0.15, 0.2) is 52.2 Å². The third-order valence-corrected chi connectivity index (χ3v) is 6.05. The summed E-state index contributed by atoms with van der Waals surface area (Å²) in [7, 11) is 0. The molecule has 2 aliphatic carbocycles. The number of benzene rings is 1. The molecule has 0 heterocycles. The van der Waals surface area contributed by atoms with Gasteiger partial charge in [-0.15, -0.1) is 5.10 Å². The molecule has 0 aliphatic heterocycles. The lowest BCUT2D eigenvalue weighted by Gasteiger charge is -2.40. The van der Waals surface area contributed by atoms with Crippen LogP contribution in [-0.4, -0.2) is 23.4 Å². The maximum atomic E-state index is 10.7. The van der Waals surface area contributed by atoms with Crippen molar-refractivity contribution in [2.75, 3.05) is 0 Å². The lowest BCUT2D eigenvalue weighted by atomic mass is 9.65. The van der Waals surface area contributed by atoms with E-state index >= 15 is 0 Å². The number of nitrogens with two attached hydrogens (primary N) is 2. The van der Waals surface area contributed by atoms with E-state index in [2.05, 4.69) is 53.5 Å². The lowest BCUT2D eigenvalue weighted by Crippen LogP contribution is -2.33. The quantitative estimate of drug-likeness (QED) is 0.440. The van der Waals surface area contributed by atoms with Gasteiger partial charge in [0.05, 0.1) is 12.3 Å². The molecule has 5 heteroatoms. The topological polar surface area (TPSA) is 97.0 Å². The van der Waals surface area contributed by atoms with Crippen LogP contribution in [-0.2, 0) is 0 Å². The molecule has 1 aromatic rings. The number of hydrogen-bond acceptors (Lipinski definition) is 3. The van der Waals surface area contributed by atoms with Crippen molar-refractivity contribution in [2.24, 2.45) is 45.3 Å². The number of allylic oxidation sites excluding steroid dienone is 2. The summed E-state index contributed by atoms with van der Waals surface area (Å²) in [4.78, 5) is 0. The highest BCUT2D eigenvalue weighted by Crippen LogP contribution is 2.53. The van der Waals surface area contributed by atoms with Gasteiger partial charge in [0, 0.05) is 0 Å². The summed E-state index contributed by atoms with van der Waals surface area (Å²) in [6, 6.07) is 10.7. The monoisotopic (exact) mass is 354 g/mol. The molecule has 5 nitrogen and oxygen atoms in total. The average molecular weight is 354 g/mol. The fourth-order valence-corrected chi connectivity index (χ4v) is 5.12. The second kappa shape index (κ2) is 8.04. The summed E-state index contributed by atoms with van der Waals surface area (Å²) < 4.78 is 0. The van der Waals surface area contributed by atoms with Gasteiger partial charge >= 0.3 is 0 Å². The molecule has 1 aromatic carbocycles.